The number of guanidine groups is 1. The summed E-state index contributed by atoms with van der Waals surface area (Å²) in [5.74, 6) is 0.482. The maximum atomic E-state index is 5.77. The van der Waals surface area contributed by atoms with Crippen molar-refractivity contribution in [1.82, 2.24) is 10.3 Å². The lowest BCUT2D eigenvalue weighted by Gasteiger charge is -2.10. The molecule has 1 rings (SSSR count). The molecule has 16 heavy (non-hydrogen) atoms. The molecule has 1 unspecified atom stereocenters. The molecule has 0 bridgehead atoms. The first kappa shape index (κ1) is 13.0. The van der Waals surface area contributed by atoms with E-state index in [-0.39, 0.29) is 6.04 Å². The van der Waals surface area contributed by atoms with Gasteiger partial charge in [0.05, 0.1) is 0 Å². The minimum absolute atomic E-state index is 0.0246. The van der Waals surface area contributed by atoms with E-state index < -0.39 is 0 Å². The normalized spacial score (nSPS) is 14.2. The molecule has 90 valence electrons. The third kappa shape index (κ3) is 3.81. The standard InChI is InChI=1S/C11H20N4S/c1-5-9-6-13-10(16-9)8(4)15-11(12)14-7(2)3/h6-8H,5H2,1-4H3,(H3,12,14,15). The Hall–Kier alpha value is -1.10. The molecular weight excluding hydrogens is 220 g/mol. The van der Waals surface area contributed by atoms with Crippen molar-refractivity contribution in [2.75, 3.05) is 0 Å². The highest BCUT2D eigenvalue weighted by molar-refractivity contribution is 7.11. The SMILES string of the molecule is CCc1cnc(C(C)N=C(N)NC(C)C)s1. The van der Waals surface area contributed by atoms with Gasteiger partial charge >= 0.3 is 0 Å². The zero-order chi connectivity index (χ0) is 12.1. The third-order valence-electron chi connectivity index (χ3n) is 2.05. The molecule has 1 aromatic rings. The highest BCUT2D eigenvalue weighted by Gasteiger charge is 2.09. The largest absolute Gasteiger partial charge is 0.370 e. The number of aliphatic imine (C=N–C) groups is 1. The Bertz CT molecular complexity index is 357. The van der Waals surface area contributed by atoms with Crippen LogP contribution in [-0.2, 0) is 6.42 Å². The maximum absolute atomic E-state index is 5.77. The zero-order valence-electron chi connectivity index (χ0n) is 10.3. The van der Waals surface area contributed by atoms with Crippen LogP contribution in [0.15, 0.2) is 11.2 Å². The molecule has 0 aromatic carbocycles. The van der Waals surface area contributed by atoms with Crippen molar-refractivity contribution < 1.29 is 0 Å². The molecule has 0 amide bonds. The second kappa shape index (κ2) is 5.84. The molecule has 1 aromatic heterocycles. The summed E-state index contributed by atoms with van der Waals surface area (Å²) in [5.41, 5.74) is 5.77. The van der Waals surface area contributed by atoms with Gasteiger partial charge in [-0.05, 0) is 27.2 Å². The number of aromatic nitrogens is 1. The monoisotopic (exact) mass is 240 g/mol. The van der Waals surface area contributed by atoms with Crippen LogP contribution < -0.4 is 11.1 Å². The Balaban J connectivity index is 2.67. The summed E-state index contributed by atoms with van der Waals surface area (Å²) in [5, 5.41) is 4.09. The van der Waals surface area contributed by atoms with Crippen LogP contribution in [0.25, 0.3) is 0 Å². The molecule has 0 aliphatic rings. The van der Waals surface area contributed by atoms with Crippen molar-refractivity contribution in [3.8, 4) is 0 Å². The van der Waals surface area contributed by atoms with E-state index in [2.05, 4.69) is 22.2 Å². The van der Waals surface area contributed by atoms with Crippen molar-refractivity contribution in [3.05, 3.63) is 16.1 Å². The summed E-state index contributed by atoms with van der Waals surface area (Å²) in [6.07, 6.45) is 2.94. The van der Waals surface area contributed by atoms with E-state index >= 15 is 0 Å². The van der Waals surface area contributed by atoms with E-state index in [9.17, 15) is 0 Å². The van der Waals surface area contributed by atoms with Crippen molar-refractivity contribution >= 4 is 17.3 Å². The van der Waals surface area contributed by atoms with E-state index in [4.69, 9.17) is 5.73 Å². The second-order valence-electron chi connectivity index (χ2n) is 4.01. The zero-order valence-corrected chi connectivity index (χ0v) is 11.1. The molecule has 0 spiro atoms. The van der Waals surface area contributed by atoms with Gasteiger partial charge in [-0.25, -0.2) is 9.98 Å². The van der Waals surface area contributed by atoms with Gasteiger partial charge < -0.3 is 11.1 Å². The van der Waals surface area contributed by atoms with E-state index in [1.165, 1.54) is 4.88 Å². The molecule has 0 saturated carbocycles. The minimum Gasteiger partial charge on any atom is -0.370 e. The second-order valence-corrected chi connectivity index (χ2v) is 5.15. The van der Waals surface area contributed by atoms with Crippen molar-refractivity contribution in [1.29, 1.82) is 0 Å². The number of nitrogens with zero attached hydrogens (tertiary/aromatic N) is 2. The van der Waals surface area contributed by atoms with E-state index in [1.807, 2.05) is 27.0 Å². The van der Waals surface area contributed by atoms with Gasteiger partial charge in [0, 0.05) is 17.1 Å². The summed E-state index contributed by atoms with van der Waals surface area (Å²) >= 11 is 1.70. The van der Waals surface area contributed by atoms with Crippen LogP contribution in [0.2, 0.25) is 0 Å². The van der Waals surface area contributed by atoms with Crippen LogP contribution >= 0.6 is 11.3 Å². The van der Waals surface area contributed by atoms with E-state index in [0.29, 0.717) is 12.0 Å². The van der Waals surface area contributed by atoms with Crippen LogP contribution in [0.4, 0.5) is 0 Å². The average molecular weight is 240 g/mol. The number of aryl methyl sites for hydroxylation is 1. The van der Waals surface area contributed by atoms with Gasteiger partial charge in [0.25, 0.3) is 0 Å². The predicted octanol–water partition coefficient (Wildman–Crippen LogP) is 2.08. The van der Waals surface area contributed by atoms with Crippen molar-refractivity contribution in [3.63, 3.8) is 0 Å². The van der Waals surface area contributed by atoms with Crippen LogP contribution in [-0.4, -0.2) is 17.0 Å². The number of rotatable bonds is 4. The quantitative estimate of drug-likeness (QED) is 0.625. The van der Waals surface area contributed by atoms with Gasteiger partial charge in [-0.1, -0.05) is 6.92 Å². The minimum atomic E-state index is 0.0246. The molecule has 4 nitrogen and oxygen atoms in total. The summed E-state index contributed by atoms with van der Waals surface area (Å²) in [6, 6.07) is 0.329. The molecule has 0 fully saturated rings. The Morgan fingerprint density at radius 3 is 2.75 bits per heavy atom. The van der Waals surface area contributed by atoms with Crippen LogP contribution in [0.5, 0.6) is 0 Å². The fourth-order valence-electron chi connectivity index (χ4n) is 1.28. The maximum Gasteiger partial charge on any atom is 0.189 e. The fourth-order valence-corrected chi connectivity index (χ4v) is 2.12. The molecule has 0 radical (unpaired) electrons. The first-order valence-electron chi connectivity index (χ1n) is 5.57. The molecule has 3 N–H and O–H groups in total. The predicted molar refractivity (Wildman–Crippen MR) is 69.8 cm³/mol. The smallest absolute Gasteiger partial charge is 0.189 e. The van der Waals surface area contributed by atoms with Gasteiger partial charge in [-0.15, -0.1) is 11.3 Å². The molecule has 0 aliphatic heterocycles. The van der Waals surface area contributed by atoms with Gasteiger partial charge in [0.1, 0.15) is 11.0 Å². The van der Waals surface area contributed by atoms with Crippen LogP contribution in [0, 0.1) is 0 Å². The molecular formula is C11H20N4S. The Labute approximate surface area is 101 Å². The lowest BCUT2D eigenvalue weighted by Crippen LogP contribution is -2.36. The summed E-state index contributed by atoms with van der Waals surface area (Å²) in [7, 11) is 0. The van der Waals surface area contributed by atoms with E-state index in [0.717, 1.165) is 11.4 Å². The molecule has 1 atom stereocenters. The Morgan fingerprint density at radius 1 is 1.56 bits per heavy atom. The molecule has 5 heteroatoms. The van der Waals surface area contributed by atoms with Crippen LogP contribution in [0.1, 0.15) is 43.6 Å². The molecule has 0 saturated heterocycles. The summed E-state index contributed by atoms with van der Waals surface area (Å²) in [4.78, 5) is 10.00. The summed E-state index contributed by atoms with van der Waals surface area (Å²) in [6.45, 7) is 8.20. The third-order valence-corrected chi connectivity index (χ3v) is 3.36. The highest BCUT2D eigenvalue weighted by atomic mass is 32.1. The van der Waals surface area contributed by atoms with E-state index in [1.54, 1.807) is 11.3 Å². The fraction of sp³-hybridized carbons (Fsp3) is 0.636. The topological polar surface area (TPSA) is 63.3 Å². The number of hydrogen-bond donors (Lipinski definition) is 2. The van der Waals surface area contributed by atoms with Crippen LogP contribution in [0.3, 0.4) is 0 Å². The first-order chi connectivity index (χ1) is 7.52. The average Bonchev–Trinajstić information content (AvgIpc) is 2.64. The number of nitrogens with one attached hydrogen (secondary N) is 1. The Kier molecular flexibility index (Phi) is 4.73. The van der Waals surface area contributed by atoms with Gasteiger partial charge in [0.2, 0.25) is 0 Å². The lowest BCUT2D eigenvalue weighted by atomic mass is 10.4. The molecule has 0 aliphatic carbocycles. The first-order valence-corrected chi connectivity index (χ1v) is 6.39. The van der Waals surface area contributed by atoms with Gasteiger partial charge in [-0.2, -0.15) is 0 Å². The van der Waals surface area contributed by atoms with Crippen molar-refractivity contribution in [2.24, 2.45) is 10.7 Å². The summed E-state index contributed by atoms with van der Waals surface area (Å²) < 4.78 is 0. The number of nitrogens with two attached hydrogens (primary N) is 1. The number of hydrogen-bond acceptors (Lipinski definition) is 3. The van der Waals surface area contributed by atoms with Gasteiger partial charge in [-0.3, -0.25) is 0 Å². The molecule has 1 heterocycles. The number of thiazole rings is 1. The lowest BCUT2D eigenvalue weighted by molar-refractivity contribution is 0.709. The highest BCUT2D eigenvalue weighted by Crippen LogP contribution is 2.22. The van der Waals surface area contributed by atoms with Gasteiger partial charge in [0.15, 0.2) is 5.96 Å². The van der Waals surface area contributed by atoms with Crippen molar-refractivity contribution in [2.45, 2.75) is 46.2 Å². The Morgan fingerprint density at radius 2 is 2.25 bits per heavy atom.